The number of amides is 3. The van der Waals surface area contributed by atoms with E-state index < -0.39 is 0 Å². The zero-order valence-corrected chi connectivity index (χ0v) is 31.1. The third kappa shape index (κ3) is 6.54. The zero-order chi connectivity index (χ0) is 36.8. The fraction of sp³-hybridized carbons (Fsp3) is 0.439. The van der Waals surface area contributed by atoms with Crippen LogP contribution < -0.4 is 20.0 Å². The first-order chi connectivity index (χ1) is 26.4. The Labute approximate surface area is 319 Å². The molecule has 3 aromatic heterocycles. The zero-order valence-electron chi connectivity index (χ0n) is 30.4. The summed E-state index contributed by atoms with van der Waals surface area (Å²) in [5, 5.41) is 23.9. The number of benzene rings is 2. The molecule has 278 valence electrons. The smallest absolute Gasteiger partial charge is 0.328 e. The van der Waals surface area contributed by atoms with Crippen molar-refractivity contribution in [1.82, 2.24) is 30.0 Å². The van der Waals surface area contributed by atoms with Crippen LogP contribution in [0.25, 0.3) is 21.8 Å². The van der Waals surface area contributed by atoms with Gasteiger partial charge in [-0.2, -0.15) is 10.4 Å². The van der Waals surface area contributed by atoms with Crippen molar-refractivity contribution < 1.29 is 9.59 Å². The Morgan fingerprint density at radius 1 is 0.833 bits per heavy atom. The van der Waals surface area contributed by atoms with Crippen LogP contribution in [-0.2, 0) is 4.79 Å². The second-order valence-corrected chi connectivity index (χ2v) is 15.8. The molecule has 12 nitrogen and oxygen atoms in total. The van der Waals surface area contributed by atoms with E-state index in [1.54, 1.807) is 11.1 Å². The summed E-state index contributed by atoms with van der Waals surface area (Å²) in [5.41, 5.74) is 5.69. The Balaban J connectivity index is 0.744. The molecule has 0 radical (unpaired) electrons. The van der Waals surface area contributed by atoms with E-state index in [1.807, 2.05) is 18.2 Å². The number of aromatic amines is 1. The molecule has 9 rings (SSSR count). The van der Waals surface area contributed by atoms with E-state index in [2.05, 4.69) is 72.2 Å². The van der Waals surface area contributed by atoms with Gasteiger partial charge in [-0.1, -0.05) is 17.7 Å². The molecule has 5 aromatic rings. The summed E-state index contributed by atoms with van der Waals surface area (Å²) in [6.07, 6.45) is 10.8. The minimum absolute atomic E-state index is 0.213. The number of nitrogens with zero attached hydrogens (tertiary/aromatic N) is 8. The molecular formula is C41H45ClN10O2. The minimum Gasteiger partial charge on any atom is -0.370 e. The number of H-pyrrole nitrogens is 1. The molecule has 54 heavy (non-hydrogen) atoms. The number of hydrogen-bond donors (Lipinski definition) is 2. The third-order valence-corrected chi connectivity index (χ3v) is 12.6. The Kier molecular flexibility index (Phi) is 9.37. The monoisotopic (exact) mass is 744 g/mol. The Hall–Kier alpha value is -5.12. The molecular weight excluding hydrogens is 700 g/mol. The molecule has 0 spiro atoms. The fourth-order valence-corrected chi connectivity index (χ4v) is 9.55. The van der Waals surface area contributed by atoms with Gasteiger partial charge in [-0.15, -0.1) is 5.10 Å². The summed E-state index contributed by atoms with van der Waals surface area (Å²) < 4.78 is 2.39. The van der Waals surface area contributed by atoms with Gasteiger partial charge in [-0.25, -0.2) is 4.79 Å². The highest BCUT2D eigenvalue weighted by Gasteiger charge is 2.30. The number of halogens is 1. The van der Waals surface area contributed by atoms with Gasteiger partial charge in [-0.05, 0) is 86.9 Å². The number of fused-ring (bicyclic) bond motifs is 2. The van der Waals surface area contributed by atoms with Gasteiger partial charge in [-0.3, -0.25) is 15.0 Å². The number of rotatable bonds is 7. The van der Waals surface area contributed by atoms with E-state index in [0.717, 1.165) is 129 Å². The van der Waals surface area contributed by atoms with Gasteiger partial charge in [0.2, 0.25) is 5.91 Å². The van der Waals surface area contributed by atoms with Gasteiger partial charge in [0.25, 0.3) is 0 Å². The molecule has 7 heterocycles. The molecule has 2 N–H and O–H groups in total. The minimum atomic E-state index is -0.341. The van der Waals surface area contributed by atoms with Crippen LogP contribution in [-0.4, -0.2) is 88.9 Å². The number of nitrogens with one attached hydrogen (secondary N) is 2. The topological polar surface area (TPSA) is 129 Å². The van der Waals surface area contributed by atoms with Gasteiger partial charge in [0.15, 0.2) is 5.82 Å². The lowest BCUT2D eigenvalue weighted by atomic mass is 9.92. The van der Waals surface area contributed by atoms with E-state index in [0.29, 0.717) is 41.4 Å². The largest absolute Gasteiger partial charge is 0.370 e. The molecule has 3 amide bonds. The van der Waals surface area contributed by atoms with Crippen LogP contribution in [0.4, 0.5) is 22.0 Å². The Bertz CT molecular complexity index is 2220. The van der Waals surface area contributed by atoms with Crippen molar-refractivity contribution in [2.45, 2.75) is 56.9 Å². The normalized spacial score (nSPS) is 19.9. The van der Waals surface area contributed by atoms with E-state index in [9.17, 15) is 14.9 Å². The number of anilines is 3. The number of nitriles is 1. The van der Waals surface area contributed by atoms with Crippen LogP contribution in [0.3, 0.4) is 0 Å². The first kappa shape index (κ1) is 34.6. The maximum absolute atomic E-state index is 12.6. The number of hydrogen-bond acceptors (Lipinski definition) is 8. The average Bonchev–Trinajstić information content (AvgIpc) is 3.85. The van der Waals surface area contributed by atoms with Gasteiger partial charge in [0.1, 0.15) is 6.07 Å². The highest BCUT2D eigenvalue weighted by Crippen LogP contribution is 2.38. The number of urea groups is 1. The molecule has 0 aliphatic carbocycles. The van der Waals surface area contributed by atoms with Crippen molar-refractivity contribution in [3.05, 3.63) is 77.2 Å². The predicted octanol–water partition coefficient (Wildman–Crippen LogP) is 6.82. The lowest BCUT2D eigenvalue weighted by Crippen LogP contribution is -2.49. The standard InChI is InChI=1S/C41H45ClN10O2/c42-32-4-6-36(40-39(32)29(24-43)25-44-40)49-20-10-28(11-21-49)33-5-7-37(47-46-33)50-18-8-27(9-19-50)26-48-16-12-30(13-17-48)51-22-14-31-34(51)2-1-3-35(31)52-23-15-38(53)45-41(52)54/h1-7,14,22,25,27-28,30,44H,8-13,15-21,23,26H2,(H,45,53,54). The average molecular weight is 745 g/mol. The van der Waals surface area contributed by atoms with Crippen LogP contribution in [0.1, 0.15) is 68.2 Å². The van der Waals surface area contributed by atoms with Crippen LogP contribution in [0, 0.1) is 17.2 Å². The van der Waals surface area contributed by atoms with Crippen molar-refractivity contribution >= 4 is 62.5 Å². The van der Waals surface area contributed by atoms with E-state index >= 15 is 0 Å². The molecule has 2 aromatic carbocycles. The summed E-state index contributed by atoms with van der Waals surface area (Å²) >= 11 is 6.44. The number of aromatic nitrogens is 4. The molecule has 0 unspecified atom stereocenters. The van der Waals surface area contributed by atoms with Gasteiger partial charge >= 0.3 is 6.03 Å². The maximum atomic E-state index is 12.6. The molecule has 13 heteroatoms. The number of carbonyl (C=O) groups is 2. The summed E-state index contributed by atoms with van der Waals surface area (Å²) in [4.78, 5) is 36.7. The van der Waals surface area contributed by atoms with Crippen LogP contribution in [0.5, 0.6) is 0 Å². The quantitative estimate of drug-likeness (QED) is 0.186. The van der Waals surface area contributed by atoms with E-state index in [1.165, 1.54) is 0 Å². The maximum Gasteiger partial charge on any atom is 0.328 e. The second-order valence-electron chi connectivity index (χ2n) is 15.4. The van der Waals surface area contributed by atoms with Gasteiger partial charge < -0.3 is 24.3 Å². The number of piperidine rings is 3. The summed E-state index contributed by atoms with van der Waals surface area (Å²) in [6, 6.07) is 18.9. The van der Waals surface area contributed by atoms with Crippen LogP contribution >= 0.6 is 11.6 Å². The first-order valence-corrected chi connectivity index (χ1v) is 19.8. The van der Waals surface area contributed by atoms with Crippen molar-refractivity contribution in [1.29, 1.82) is 5.26 Å². The summed E-state index contributed by atoms with van der Waals surface area (Å²) in [5.74, 6) is 1.83. The highest BCUT2D eigenvalue weighted by atomic mass is 35.5. The van der Waals surface area contributed by atoms with E-state index in [-0.39, 0.29) is 11.9 Å². The van der Waals surface area contributed by atoms with Crippen molar-refractivity contribution in [3.63, 3.8) is 0 Å². The number of carbonyl (C=O) groups excluding carboxylic acids is 2. The van der Waals surface area contributed by atoms with Crippen LogP contribution in [0.15, 0.2) is 60.9 Å². The summed E-state index contributed by atoms with van der Waals surface area (Å²) in [6.45, 7) is 7.57. The fourth-order valence-electron chi connectivity index (χ4n) is 9.29. The van der Waals surface area contributed by atoms with Crippen molar-refractivity contribution in [3.8, 4) is 6.07 Å². The molecule has 4 aliphatic rings. The van der Waals surface area contributed by atoms with Crippen molar-refractivity contribution in [2.24, 2.45) is 5.92 Å². The molecule has 4 saturated heterocycles. The van der Waals surface area contributed by atoms with E-state index in [4.69, 9.17) is 21.8 Å². The Morgan fingerprint density at radius 3 is 2.37 bits per heavy atom. The molecule has 0 atom stereocenters. The molecule has 4 fully saturated rings. The second kappa shape index (κ2) is 14.6. The number of imide groups is 1. The van der Waals surface area contributed by atoms with Gasteiger partial charge in [0, 0.05) is 93.9 Å². The molecule has 4 aliphatic heterocycles. The predicted molar refractivity (Wildman–Crippen MR) is 211 cm³/mol. The first-order valence-electron chi connectivity index (χ1n) is 19.4. The number of likely N-dealkylation sites (tertiary alicyclic amines) is 1. The SMILES string of the molecule is N#Cc1c[nH]c2c(N3CCC(c4ccc(N5CCC(CN6CCC(n7ccc8c(N9CCC(=O)NC9=O)cccc87)CC6)CC5)nn4)CC3)ccc(Cl)c12. The summed E-state index contributed by atoms with van der Waals surface area (Å²) in [7, 11) is 0. The highest BCUT2D eigenvalue weighted by molar-refractivity contribution is 6.36. The van der Waals surface area contributed by atoms with Crippen molar-refractivity contribution in [2.75, 3.05) is 67.1 Å². The van der Waals surface area contributed by atoms with Gasteiger partial charge in [0.05, 0.1) is 38.7 Å². The Morgan fingerprint density at radius 2 is 1.63 bits per heavy atom. The lowest BCUT2D eigenvalue weighted by Gasteiger charge is -2.38. The van der Waals surface area contributed by atoms with Crippen LogP contribution in [0.2, 0.25) is 5.02 Å². The molecule has 0 bridgehead atoms. The molecule has 0 saturated carbocycles. The lowest BCUT2D eigenvalue weighted by molar-refractivity contribution is -0.120. The third-order valence-electron chi connectivity index (χ3n) is 12.3.